The van der Waals surface area contributed by atoms with Crippen LogP contribution in [0.15, 0.2) is 35.1 Å². The van der Waals surface area contributed by atoms with Crippen molar-refractivity contribution in [2.24, 2.45) is 13.0 Å². The van der Waals surface area contributed by atoms with E-state index in [9.17, 15) is 9.59 Å². The number of nitrogens with zero attached hydrogens (tertiary/aromatic N) is 3. The van der Waals surface area contributed by atoms with E-state index in [0.29, 0.717) is 42.8 Å². The van der Waals surface area contributed by atoms with E-state index in [4.69, 9.17) is 9.15 Å². The number of methoxy groups -OCH3 is 1. The number of carbonyl (C=O) groups is 2. The number of piperidine rings is 1. The molecule has 8 nitrogen and oxygen atoms in total. The van der Waals surface area contributed by atoms with E-state index in [1.54, 1.807) is 42.4 Å². The van der Waals surface area contributed by atoms with Gasteiger partial charge in [-0.15, -0.1) is 5.10 Å². The molecule has 27 heavy (non-hydrogen) atoms. The molecule has 1 N–H and O–H groups in total. The van der Waals surface area contributed by atoms with Gasteiger partial charge in [0.1, 0.15) is 11.3 Å². The molecule has 0 aromatic carbocycles. The van der Waals surface area contributed by atoms with Gasteiger partial charge in [0.25, 0.3) is 5.91 Å². The molecule has 144 valence electrons. The lowest BCUT2D eigenvalue weighted by atomic mass is 9.96. The van der Waals surface area contributed by atoms with Gasteiger partial charge in [0.05, 0.1) is 13.4 Å². The SMILES string of the molecule is COc1nn(C)cc1C(=O)NCC1CCN(C(=O)/C=C/c2ccco2)CC1. The Labute approximate surface area is 157 Å². The highest BCUT2D eigenvalue weighted by Gasteiger charge is 2.23. The number of carbonyl (C=O) groups excluding carboxylic acids is 2. The first-order chi connectivity index (χ1) is 13.1. The van der Waals surface area contributed by atoms with Crippen LogP contribution < -0.4 is 10.1 Å². The Morgan fingerprint density at radius 2 is 2.19 bits per heavy atom. The van der Waals surface area contributed by atoms with E-state index in [1.807, 2.05) is 4.90 Å². The number of ether oxygens (including phenoxy) is 1. The van der Waals surface area contributed by atoms with E-state index in [2.05, 4.69) is 10.4 Å². The molecular formula is C19H24N4O4. The van der Waals surface area contributed by atoms with E-state index in [-0.39, 0.29) is 11.8 Å². The van der Waals surface area contributed by atoms with Gasteiger partial charge in [-0.25, -0.2) is 0 Å². The predicted octanol–water partition coefficient (Wildman–Crippen LogP) is 1.70. The molecular weight excluding hydrogens is 348 g/mol. The molecule has 0 atom stereocenters. The van der Waals surface area contributed by atoms with Crippen LogP contribution in [0.25, 0.3) is 6.08 Å². The van der Waals surface area contributed by atoms with Gasteiger partial charge in [-0.1, -0.05) is 0 Å². The quantitative estimate of drug-likeness (QED) is 0.780. The highest BCUT2D eigenvalue weighted by molar-refractivity contribution is 5.96. The first-order valence-corrected chi connectivity index (χ1v) is 8.93. The largest absolute Gasteiger partial charge is 0.479 e. The van der Waals surface area contributed by atoms with Crippen molar-refractivity contribution < 1.29 is 18.7 Å². The maximum absolute atomic E-state index is 12.3. The summed E-state index contributed by atoms with van der Waals surface area (Å²) in [6.07, 6.45) is 8.13. The second kappa shape index (κ2) is 8.57. The fourth-order valence-corrected chi connectivity index (χ4v) is 3.11. The highest BCUT2D eigenvalue weighted by atomic mass is 16.5. The van der Waals surface area contributed by atoms with Crippen molar-refractivity contribution in [3.8, 4) is 5.88 Å². The second-order valence-electron chi connectivity index (χ2n) is 6.55. The molecule has 3 heterocycles. The van der Waals surface area contributed by atoms with Crippen LogP contribution in [0.4, 0.5) is 0 Å². The predicted molar refractivity (Wildman–Crippen MR) is 99.1 cm³/mol. The number of hydrogen-bond donors (Lipinski definition) is 1. The first kappa shape index (κ1) is 18.8. The molecule has 0 saturated carbocycles. The van der Waals surface area contributed by atoms with Crippen LogP contribution >= 0.6 is 0 Å². The standard InChI is InChI=1S/C19H24N4O4/c1-22-13-16(19(21-22)26-2)18(25)20-12-14-7-9-23(10-8-14)17(24)6-5-15-4-3-11-27-15/h3-6,11,13-14H,7-10,12H2,1-2H3,(H,20,25)/b6-5+. The van der Waals surface area contributed by atoms with Crippen LogP contribution in [-0.4, -0.2) is 53.2 Å². The van der Waals surface area contributed by atoms with E-state index in [1.165, 1.54) is 13.2 Å². The summed E-state index contributed by atoms with van der Waals surface area (Å²) >= 11 is 0. The maximum Gasteiger partial charge on any atom is 0.258 e. The summed E-state index contributed by atoms with van der Waals surface area (Å²) in [6.45, 7) is 1.93. The Kier molecular flexibility index (Phi) is 5.95. The Morgan fingerprint density at radius 3 is 2.85 bits per heavy atom. The highest BCUT2D eigenvalue weighted by Crippen LogP contribution is 2.18. The lowest BCUT2D eigenvalue weighted by molar-refractivity contribution is -0.127. The Hall–Kier alpha value is -3.03. The summed E-state index contributed by atoms with van der Waals surface area (Å²) in [4.78, 5) is 26.4. The molecule has 3 rings (SSSR count). The van der Waals surface area contributed by atoms with Crippen molar-refractivity contribution in [2.75, 3.05) is 26.7 Å². The van der Waals surface area contributed by atoms with E-state index < -0.39 is 0 Å². The fourth-order valence-electron chi connectivity index (χ4n) is 3.11. The lowest BCUT2D eigenvalue weighted by Gasteiger charge is -2.31. The van der Waals surface area contributed by atoms with Gasteiger partial charge in [0.15, 0.2) is 0 Å². The Bertz CT molecular complexity index is 802. The van der Waals surface area contributed by atoms with Crippen molar-refractivity contribution in [3.05, 3.63) is 42.0 Å². The van der Waals surface area contributed by atoms with Gasteiger partial charge in [-0.2, -0.15) is 0 Å². The fraction of sp³-hybridized carbons (Fsp3) is 0.421. The number of nitrogens with one attached hydrogen (secondary N) is 1. The number of amides is 2. The molecule has 2 aromatic rings. The molecule has 1 aliphatic heterocycles. The minimum atomic E-state index is -0.195. The third-order valence-corrected chi connectivity index (χ3v) is 4.64. The molecule has 8 heteroatoms. The number of hydrogen-bond acceptors (Lipinski definition) is 5. The van der Waals surface area contributed by atoms with Crippen LogP contribution in [0.2, 0.25) is 0 Å². The van der Waals surface area contributed by atoms with Crippen LogP contribution in [0.5, 0.6) is 5.88 Å². The molecule has 1 aliphatic rings. The van der Waals surface area contributed by atoms with Crippen LogP contribution in [0, 0.1) is 5.92 Å². The second-order valence-corrected chi connectivity index (χ2v) is 6.55. The molecule has 0 spiro atoms. The average Bonchev–Trinajstić information content (AvgIpc) is 3.33. The number of likely N-dealkylation sites (tertiary alicyclic amines) is 1. The summed E-state index contributed by atoms with van der Waals surface area (Å²) in [5.41, 5.74) is 0.427. The number of rotatable bonds is 6. The maximum atomic E-state index is 12.3. The van der Waals surface area contributed by atoms with Gasteiger partial charge >= 0.3 is 0 Å². The smallest absolute Gasteiger partial charge is 0.258 e. The summed E-state index contributed by atoms with van der Waals surface area (Å²) < 4.78 is 11.9. The average molecular weight is 372 g/mol. The molecule has 0 radical (unpaired) electrons. The van der Waals surface area contributed by atoms with Gasteiger partial charge < -0.3 is 19.4 Å². The number of aryl methyl sites for hydroxylation is 1. The monoisotopic (exact) mass is 372 g/mol. The van der Waals surface area contributed by atoms with Crippen molar-refractivity contribution in [1.82, 2.24) is 20.0 Å². The van der Waals surface area contributed by atoms with Crippen molar-refractivity contribution in [3.63, 3.8) is 0 Å². The molecule has 1 fully saturated rings. The summed E-state index contributed by atoms with van der Waals surface area (Å²) in [7, 11) is 3.23. The molecule has 0 bridgehead atoms. The lowest BCUT2D eigenvalue weighted by Crippen LogP contribution is -2.41. The summed E-state index contributed by atoms with van der Waals surface area (Å²) in [5.74, 6) is 1.11. The number of furan rings is 1. The Morgan fingerprint density at radius 1 is 1.41 bits per heavy atom. The molecule has 2 aromatic heterocycles. The van der Waals surface area contributed by atoms with E-state index in [0.717, 1.165) is 12.8 Å². The van der Waals surface area contributed by atoms with Crippen molar-refractivity contribution in [2.45, 2.75) is 12.8 Å². The third kappa shape index (κ3) is 4.78. The Balaban J connectivity index is 1.44. The zero-order valence-electron chi connectivity index (χ0n) is 15.6. The zero-order chi connectivity index (χ0) is 19.2. The minimum Gasteiger partial charge on any atom is -0.479 e. The van der Waals surface area contributed by atoms with Crippen LogP contribution in [0.3, 0.4) is 0 Å². The van der Waals surface area contributed by atoms with Crippen LogP contribution in [0.1, 0.15) is 29.0 Å². The summed E-state index contributed by atoms with van der Waals surface area (Å²) in [5, 5.41) is 7.03. The molecule has 1 saturated heterocycles. The summed E-state index contributed by atoms with van der Waals surface area (Å²) in [6, 6.07) is 3.58. The van der Waals surface area contributed by atoms with Gasteiger partial charge in [-0.3, -0.25) is 14.3 Å². The van der Waals surface area contributed by atoms with E-state index >= 15 is 0 Å². The first-order valence-electron chi connectivity index (χ1n) is 8.93. The normalized spacial score (nSPS) is 15.3. The van der Waals surface area contributed by atoms with Crippen LogP contribution in [-0.2, 0) is 11.8 Å². The van der Waals surface area contributed by atoms with Crippen molar-refractivity contribution in [1.29, 1.82) is 0 Å². The number of aromatic nitrogens is 2. The van der Waals surface area contributed by atoms with Crippen molar-refractivity contribution >= 4 is 17.9 Å². The van der Waals surface area contributed by atoms with Gasteiger partial charge in [-0.05, 0) is 37.0 Å². The molecule has 2 amide bonds. The van der Waals surface area contributed by atoms with Gasteiger partial charge in [0, 0.05) is 39.0 Å². The zero-order valence-corrected chi connectivity index (χ0v) is 15.6. The molecule has 0 aliphatic carbocycles. The third-order valence-electron chi connectivity index (χ3n) is 4.64. The topological polar surface area (TPSA) is 89.6 Å². The minimum absolute atomic E-state index is 0.0195. The molecule has 0 unspecified atom stereocenters. The van der Waals surface area contributed by atoms with Gasteiger partial charge in [0.2, 0.25) is 11.8 Å².